The molecule has 0 spiro atoms. The van der Waals surface area contributed by atoms with E-state index >= 15 is 0 Å². The quantitative estimate of drug-likeness (QED) is 0.237. The van der Waals surface area contributed by atoms with Crippen LogP contribution in [0, 0.1) is 6.92 Å². The van der Waals surface area contributed by atoms with Crippen molar-refractivity contribution in [3.63, 3.8) is 0 Å². The lowest BCUT2D eigenvalue weighted by Gasteiger charge is -2.26. The van der Waals surface area contributed by atoms with Gasteiger partial charge in [0.25, 0.3) is 10.1 Å². The second kappa shape index (κ2) is 10.6. The van der Waals surface area contributed by atoms with E-state index in [1.165, 1.54) is 5.56 Å². The molecule has 30 heavy (non-hydrogen) atoms. The molecule has 162 valence electrons. The van der Waals surface area contributed by atoms with Crippen molar-refractivity contribution in [2.75, 3.05) is 13.2 Å². The minimum atomic E-state index is -3.69. The van der Waals surface area contributed by atoms with E-state index in [2.05, 4.69) is 11.2 Å². The third-order valence-corrected chi connectivity index (χ3v) is 6.31. The van der Waals surface area contributed by atoms with E-state index in [0.717, 1.165) is 42.6 Å². The topological polar surface area (TPSA) is 74.2 Å². The van der Waals surface area contributed by atoms with Crippen molar-refractivity contribution >= 4 is 16.3 Å². The number of ether oxygens (including phenoxy) is 1. The minimum Gasteiger partial charge on any atom is -0.490 e. The van der Waals surface area contributed by atoms with Gasteiger partial charge in [0.05, 0.1) is 23.8 Å². The average molecular weight is 432 g/mol. The summed E-state index contributed by atoms with van der Waals surface area (Å²) in [4.78, 5) is 5.20. The summed E-state index contributed by atoms with van der Waals surface area (Å²) in [5.74, 6) is 0.915. The fourth-order valence-electron chi connectivity index (χ4n) is 3.34. The Labute approximate surface area is 179 Å². The summed E-state index contributed by atoms with van der Waals surface area (Å²) in [6.07, 6.45) is 6.15. The molecule has 0 bridgehead atoms. The van der Waals surface area contributed by atoms with Gasteiger partial charge in [0.2, 0.25) is 0 Å². The summed E-state index contributed by atoms with van der Waals surface area (Å²) in [6, 6.07) is 12.7. The van der Waals surface area contributed by atoms with Crippen LogP contribution in [0.15, 0.2) is 52.5 Å². The Hall–Kier alpha value is -2.38. The highest BCUT2D eigenvalue weighted by Gasteiger charge is 2.20. The average Bonchev–Trinajstić information content (AvgIpc) is 2.74. The second-order valence-corrected chi connectivity index (χ2v) is 9.00. The van der Waals surface area contributed by atoms with Crippen molar-refractivity contribution in [2.45, 2.75) is 57.0 Å². The summed E-state index contributed by atoms with van der Waals surface area (Å²) in [6.45, 7) is 4.54. The largest absolute Gasteiger partial charge is 0.490 e. The second-order valence-electron chi connectivity index (χ2n) is 7.38. The molecule has 0 N–H and O–H groups in total. The molecule has 6 nitrogen and oxygen atoms in total. The van der Waals surface area contributed by atoms with Gasteiger partial charge in [-0.05, 0) is 87.4 Å². The smallest absolute Gasteiger partial charge is 0.296 e. The van der Waals surface area contributed by atoms with Crippen LogP contribution in [0.25, 0.3) is 0 Å². The van der Waals surface area contributed by atoms with E-state index in [1.807, 2.05) is 26.0 Å². The van der Waals surface area contributed by atoms with E-state index in [4.69, 9.17) is 13.8 Å². The molecule has 0 aromatic heterocycles. The first-order valence-corrected chi connectivity index (χ1v) is 11.8. The first-order valence-electron chi connectivity index (χ1n) is 10.4. The van der Waals surface area contributed by atoms with Crippen LogP contribution in [0.3, 0.4) is 0 Å². The Morgan fingerprint density at radius 2 is 1.97 bits per heavy atom. The molecule has 1 aliphatic heterocycles. The molecule has 0 radical (unpaired) electrons. The number of aryl methyl sites for hydroxylation is 2. The summed E-state index contributed by atoms with van der Waals surface area (Å²) in [5, 5.41) is 3.90. The zero-order valence-corrected chi connectivity index (χ0v) is 18.4. The van der Waals surface area contributed by atoms with E-state index in [1.54, 1.807) is 30.5 Å². The van der Waals surface area contributed by atoms with Crippen molar-refractivity contribution in [3.8, 4) is 5.75 Å². The molecule has 3 rings (SSSR count). The predicted molar refractivity (Wildman–Crippen MR) is 117 cm³/mol. The summed E-state index contributed by atoms with van der Waals surface area (Å²) in [7, 11) is -3.69. The highest BCUT2D eigenvalue weighted by atomic mass is 32.2. The molecule has 1 aliphatic rings. The highest BCUT2D eigenvalue weighted by Crippen LogP contribution is 2.30. The molecule has 0 amide bonds. The number of hydrogen-bond acceptors (Lipinski definition) is 6. The van der Waals surface area contributed by atoms with Crippen molar-refractivity contribution in [3.05, 3.63) is 59.2 Å². The predicted octanol–water partition coefficient (Wildman–Crippen LogP) is 4.63. The number of fused-ring (bicyclic) bond motifs is 1. The fourth-order valence-corrected chi connectivity index (χ4v) is 4.28. The van der Waals surface area contributed by atoms with Crippen molar-refractivity contribution in [1.29, 1.82) is 0 Å². The molecule has 0 fully saturated rings. The highest BCUT2D eigenvalue weighted by molar-refractivity contribution is 7.86. The van der Waals surface area contributed by atoms with Crippen molar-refractivity contribution in [1.82, 2.24) is 0 Å². The summed E-state index contributed by atoms with van der Waals surface area (Å²) < 4.78 is 35.7. The third kappa shape index (κ3) is 6.31. The number of nitrogens with zero attached hydrogens (tertiary/aromatic N) is 1. The maximum absolute atomic E-state index is 12.2. The molecule has 1 heterocycles. The molecule has 1 atom stereocenters. The fraction of sp³-hybridized carbons (Fsp3) is 0.435. The Bertz CT molecular complexity index is 954. The normalized spacial score (nSPS) is 16.3. The van der Waals surface area contributed by atoms with Crippen molar-refractivity contribution < 1.29 is 22.2 Å². The number of benzene rings is 2. The standard InChI is InChI=1S/C23H29NO5S/c1-3-27-24-17-19-9-14-23-20(16-19)10-11-21(29-23)6-4-5-15-28-30(25,26)22-12-7-18(2)8-13-22/h7-9,12-14,16-17,21H,3-6,10-11,15H2,1-2H3/b24-17+. The first-order chi connectivity index (χ1) is 14.5. The van der Waals surface area contributed by atoms with Gasteiger partial charge in [0, 0.05) is 0 Å². The third-order valence-electron chi connectivity index (χ3n) is 4.99. The lowest BCUT2D eigenvalue weighted by molar-refractivity contribution is 0.158. The van der Waals surface area contributed by atoms with E-state index in [9.17, 15) is 8.42 Å². The molecule has 0 aliphatic carbocycles. The Kier molecular flexibility index (Phi) is 7.87. The maximum atomic E-state index is 12.2. The van der Waals surface area contributed by atoms with Gasteiger partial charge in [-0.1, -0.05) is 22.9 Å². The van der Waals surface area contributed by atoms with Gasteiger partial charge in [-0.15, -0.1) is 0 Å². The monoisotopic (exact) mass is 431 g/mol. The Balaban J connectivity index is 1.41. The van der Waals surface area contributed by atoms with Gasteiger partial charge in [0.15, 0.2) is 0 Å². The zero-order chi connectivity index (χ0) is 21.4. The summed E-state index contributed by atoms with van der Waals surface area (Å²) in [5.41, 5.74) is 3.19. The van der Waals surface area contributed by atoms with Crippen LogP contribution in [0.2, 0.25) is 0 Å². The van der Waals surface area contributed by atoms with Crippen LogP contribution >= 0.6 is 0 Å². The molecule has 2 aromatic carbocycles. The van der Waals surface area contributed by atoms with E-state index < -0.39 is 10.1 Å². The van der Waals surface area contributed by atoms with Gasteiger partial charge in [-0.25, -0.2) is 0 Å². The van der Waals surface area contributed by atoms with E-state index in [-0.39, 0.29) is 17.6 Å². The Morgan fingerprint density at radius 1 is 1.17 bits per heavy atom. The van der Waals surface area contributed by atoms with E-state index in [0.29, 0.717) is 13.0 Å². The van der Waals surface area contributed by atoms with Gasteiger partial charge >= 0.3 is 0 Å². The molecular weight excluding hydrogens is 402 g/mol. The number of rotatable bonds is 10. The van der Waals surface area contributed by atoms with Crippen LogP contribution in [-0.4, -0.2) is 34.0 Å². The summed E-state index contributed by atoms with van der Waals surface area (Å²) >= 11 is 0. The van der Waals surface area contributed by atoms with Crippen LogP contribution < -0.4 is 4.74 Å². The molecule has 0 saturated heterocycles. The lowest BCUT2D eigenvalue weighted by atomic mass is 9.97. The van der Waals surface area contributed by atoms with Crippen molar-refractivity contribution in [2.24, 2.45) is 5.16 Å². The van der Waals surface area contributed by atoms with Crippen LogP contribution in [0.1, 0.15) is 49.3 Å². The first kappa shape index (κ1) is 22.3. The number of oxime groups is 1. The van der Waals surface area contributed by atoms with Crippen LogP contribution in [0.4, 0.5) is 0 Å². The molecular formula is C23H29NO5S. The molecule has 2 aromatic rings. The zero-order valence-electron chi connectivity index (χ0n) is 17.5. The molecule has 7 heteroatoms. The number of unbranched alkanes of at least 4 members (excludes halogenated alkanes) is 1. The van der Waals surface area contributed by atoms with Crippen LogP contribution in [0.5, 0.6) is 5.75 Å². The van der Waals surface area contributed by atoms with Gasteiger partial charge in [-0.3, -0.25) is 4.18 Å². The molecule has 1 unspecified atom stereocenters. The minimum absolute atomic E-state index is 0.147. The lowest BCUT2D eigenvalue weighted by Crippen LogP contribution is -2.22. The van der Waals surface area contributed by atoms with Crippen LogP contribution in [-0.2, 0) is 25.6 Å². The SMILES string of the molecule is CCO/N=C/c1ccc2c(c1)CCC(CCCCOS(=O)(=O)c1ccc(C)cc1)O2. The van der Waals surface area contributed by atoms with Gasteiger partial charge < -0.3 is 9.57 Å². The maximum Gasteiger partial charge on any atom is 0.296 e. The number of hydrogen-bond donors (Lipinski definition) is 0. The Morgan fingerprint density at radius 3 is 2.73 bits per heavy atom. The molecule has 0 saturated carbocycles. The van der Waals surface area contributed by atoms with Gasteiger partial charge in [0.1, 0.15) is 12.4 Å². The van der Waals surface area contributed by atoms with Gasteiger partial charge in [-0.2, -0.15) is 8.42 Å².